The molecule has 3 nitrogen and oxygen atoms in total. The zero-order valence-corrected chi connectivity index (χ0v) is 13.9. The van der Waals surface area contributed by atoms with Crippen molar-refractivity contribution in [3.8, 4) is 28.2 Å². The number of alkyl halides is 3. The maximum absolute atomic E-state index is 13.0. The van der Waals surface area contributed by atoms with E-state index in [1.165, 1.54) is 12.1 Å². The molecule has 0 atom stereocenters. The second-order valence-corrected chi connectivity index (χ2v) is 6.12. The Hall–Kier alpha value is -3.41. The van der Waals surface area contributed by atoms with Gasteiger partial charge in [-0.15, -0.1) is 0 Å². The largest absolute Gasteiger partial charge is 0.504 e. The van der Waals surface area contributed by atoms with Crippen LogP contribution in [0.25, 0.3) is 33.2 Å². The summed E-state index contributed by atoms with van der Waals surface area (Å²) in [4.78, 5) is 0. The number of furan rings is 1. The van der Waals surface area contributed by atoms with Gasteiger partial charge in [-0.05, 0) is 28.5 Å². The van der Waals surface area contributed by atoms with E-state index in [4.69, 9.17) is 10.2 Å². The Morgan fingerprint density at radius 3 is 2.37 bits per heavy atom. The van der Waals surface area contributed by atoms with Gasteiger partial charge < -0.3 is 15.3 Å². The van der Waals surface area contributed by atoms with Gasteiger partial charge in [-0.2, -0.15) is 13.2 Å². The van der Waals surface area contributed by atoms with Crippen LogP contribution < -0.4 is 5.73 Å². The number of hydrogen-bond donors (Lipinski definition) is 2. The molecule has 0 saturated heterocycles. The van der Waals surface area contributed by atoms with E-state index in [9.17, 15) is 18.3 Å². The topological polar surface area (TPSA) is 59.4 Å². The molecule has 0 unspecified atom stereocenters. The Morgan fingerprint density at radius 2 is 1.59 bits per heavy atom. The molecule has 4 rings (SSSR count). The summed E-state index contributed by atoms with van der Waals surface area (Å²) in [6.45, 7) is 0. The number of nitrogens with two attached hydrogens (primary N) is 1. The minimum atomic E-state index is -4.50. The second-order valence-electron chi connectivity index (χ2n) is 6.12. The summed E-state index contributed by atoms with van der Waals surface area (Å²) in [5.74, 6) is -0.311. The van der Waals surface area contributed by atoms with Gasteiger partial charge in [-0.25, -0.2) is 0 Å². The Morgan fingerprint density at radius 1 is 0.889 bits per heavy atom. The van der Waals surface area contributed by atoms with E-state index in [1.54, 1.807) is 12.1 Å². The molecular weight excluding hydrogens is 355 g/mol. The molecule has 3 N–H and O–H groups in total. The van der Waals surface area contributed by atoms with Gasteiger partial charge in [-0.3, -0.25) is 0 Å². The molecule has 1 aromatic heterocycles. The molecule has 0 radical (unpaired) electrons. The van der Waals surface area contributed by atoms with Gasteiger partial charge in [0.15, 0.2) is 11.5 Å². The highest BCUT2D eigenvalue weighted by Crippen LogP contribution is 2.47. The van der Waals surface area contributed by atoms with Gasteiger partial charge >= 0.3 is 6.18 Å². The van der Waals surface area contributed by atoms with Crippen molar-refractivity contribution in [2.24, 2.45) is 0 Å². The molecule has 0 spiro atoms. The first-order valence-electron chi connectivity index (χ1n) is 8.13. The van der Waals surface area contributed by atoms with Gasteiger partial charge in [-0.1, -0.05) is 54.6 Å². The third kappa shape index (κ3) is 2.89. The first kappa shape index (κ1) is 17.0. The molecule has 0 saturated carbocycles. The number of rotatable bonds is 2. The van der Waals surface area contributed by atoms with Crippen molar-refractivity contribution in [3.63, 3.8) is 0 Å². The highest BCUT2D eigenvalue weighted by atomic mass is 19.4. The molecule has 136 valence electrons. The predicted molar refractivity (Wildman–Crippen MR) is 98.2 cm³/mol. The monoisotopic (exact) mass is 369 g/mol. The number of nitrogen functional groups attached to an aromatic ring is 1. The van der Waals surface area contributed by atoms with Crippen molar-refractivity contribution >= 4 is 16.7 Å². The molecule has 3 aromatic carbocycles. The molecule has 1 heterocycles. The van der Waals surface area contributed by atoms with Crippen molar-refractivity contribution in [2.75, 3.05) is 5.73 Å². The van der Waals surface area contributed by atoms with E-state index in [0.717, 1.165) is 22.9 Å². The van der Waals surface area contributed by atoms with Crippen LogP contribution in [0.1, 0.15) is 5.56 Å². The van der Waals surface area contributed by atoms with Crippen LogP contribution in [0.3, 0.4) is 0 Å². The summed E-state index contributed by atoms with van der Waals surface area (Å²) in [5, 5.41) is 12.5. The SMILES string of the molecule is Nc1oc(-c2cccc3ccccc23)c(O)c1-c1cccc(C(F)(F)F)c1. The predicted octanol–water partition coefficient (Wildman–Crippen LogP) is 6.07. The smallest absolute Gasteiger partial charge is 0.416 e. The molecule has 0 aliphatic carbocycles. The van der Waals surface area contributed by atoms with Gasteiger partial charge in [0, 0.05) is 5.56 Å². The third-order valence-electron chi connectivity index (χ3n) is 4.42. The number of anilines is 1. The van der Waals surface area contributed by atoms with Gasteiger partial charge in [0.05, 0.1) is 11.1 Å². The molecular formula is C21H14F3NO2. The first-order valence-corrected chi connectivity index (χ1v) is 8.13. The summed E-state index contributed by atoms with van der Waals surface area (Å²) >= 11 is 0. The summed E-state index contributed by atoms with van der Waals surface area (Å²) in [5.41, 5.74) is 5.87. The first-order chi connectivity index (χ1) is 12.9. The summed E-state index contributed by atoms with van der Waals surface area (Å²) in [6.07, 6.45) is -4.50. The molecule has 0 amide bonds. The third-order valence-corrected chi connectivity index (χ3v) is 4.42. The fourth-order valence-electron chi connectivity index (χ4n) is 3.18. The van der Waals surface area contributed by atoms with Gasteiger partial charge in [0.25, 0.3) is 0 Å². The van der Waals surface area contributed by atoms with Crippen LogP contribution >= 0.6 is 0 Å². The van der Waals surface area contributed by atoms with Crippen LogP contribution in [0.5, 0.6) is 5.75 Å². The molecule has 4 aromatic rings. The van der Waals surface area contributed by atoms with Crippen molar-refractivity contribution in [3.05, 3.63) is 72.3 Å². The highest BCUT2D eigenvalue weighted by Gasteiger charge is 2.31. The van der Waals surface area contributed by atoms with Crippen LogP contribution in [0.2, 0.25) is 0 Å². The summed E-state index contributed by atoms with van der Waals surface area (Å²) in [7, 11) is 0. The number of aromatic hydroxyl groups is 1. The number of hydrogen-bond acceptors (Lipinski definition) is 3. The standard InChI is InChI=1S/C21H14F3NO2/c22-21(23,24)14-8-3-7-13(11-14)17-18(26)19(27-20(17)25)16-10-4-6-12-5-1-2-9-15(12)16/h1-11,26H,25H2. The summed E-state index contributed by atoms with van der Waals surface area (Å²) < 4.78 is 44.6. The van der Waals surface area contributed by atoms with Crippen LogP contribution in [-0.4, -0.2) is 5.11 Å². The molecule has 0 bridgehead atoms. The molecule has 27 heavy (non-hydrogen) atoms. The Bertz CT molecular complexity index is 1140. The van der Waals surface area contributed by atoms with E-state index < -0.39 is 11.7 Å². The van der Waals surface area contributed by atoms with Crippen LogP contribution in [0.15, 0.2) is 71.1 Å². The fraction of sp³-hybridized carbons (Fsp3) is 0.0476. The van der Waals surface area contributed by atoms with Gasteiger partial charge in [0.2, 0.25) is 5.88 Å². The van der Waals surface area contributed by atoms with Crippen LogP contribution in [0, 0.1) is 0 Å². The number of benzene rings is 3. The van der Waals surface area contributed by atoms with Crippen molar-refractivity contribution in [1.29, 1.82) is 0 Å². The quantitative estimate of drug-likeness (QED) is 0.451. The van der Waals surface area contributed by atoms with Crippen LogP contribution in [0.4, 0.5) is 19.1 Å². The van der Waals surface area contributed by atoms with Gasteiger partial charge in [0.1, 0.15) is 0 Å². The Kier molecular flexibility index (Phi) is 3.84. The fourth-order valence-corrected chi connectivity index (χ4v) is 3.18. The maximum Gasteiger partial charge on any atom is 0.416 e. The average Bonchev–Trinajstić information content (AvgIpc) is 2.95. The lowest BCUT2D eigenvalue weighted by atomic mass is 9.99. The van der Waals surface area contributed by atoms with E-state index in [0.29, 0.717) is 5.56 Å². The van der Waals surface area contributed by atoms with Crippen molar-refractivity contribution in [2.45, 2.75) is 6.18 Å². The zero-order valence-electron chi connectivity index (χ0n) is 13.9. The lowest BCUT2D eigenvalue weighted by Crippen LogP contribution is -2.04. The Balaban J connectivity index is 1.91. The van der Waals surface area contributed by atoms with Crippen LogP contribution in [-0.2, 0) is 6.18 Å². The zero-order chi connectivity index (χ0) is 19.2. The molecule has 0 aliphatic heterocycles. The number of fused-ring (bicyclic) bond motifs is 1. The molecule has 0 fully saturated rings. The van der Waals surface area contributed by atoms with E-state index in [2.05, 4.69) is 0 Å². The Labute approximate surface area is 152 Å². The molecule has 6 heteroatoms. The minimum Gasteiger partial charge on any atom is -0.504 e. The summed E-state index contributed by atoms with van der Waals surface area (Å²) in [6, 6.07) is 17.6. The maximum atomic E-state index is 13.0. The van der Waals surface area contributed by atoms with E-state index in [-0.39, 0.29) is 28.5 Å². The number of halogens is 3. The highest BCUT2D eigenvalue weighted by molar-refractivity contribution is 5.99. The van der Waals surface area contributed by atoms with Crippen molar-refractivity contribution < 1.29 is 22.7 Å². The second kappa shape index (κ2) is 6.09. The molecule has 0 aliphatic rings. The van der Waals surface area contributed by atoms with E-state index >= 15 is 0 Å². The average molecular weight is 369 g/mol. The minimum absolute atomic E-state index is 0.0454. The lowest BCUT2D eigenvalue weighted by Gasteiger charge is -2.08. The lowest BCUT2D eigenvalue weighted by molar-refractivity contribution is -0.137. The van der Waals surface area contributed by atoms with E-state index in [1.807, 2.05) is 30.3 Å². The normalized spacial score (nSPS) is 11.8. The van der Waals surface area contributed by atoms with Crippen molar-refractivity contribution in [1.82, 2.24) is 0 Å².